The zero-order chi connectivity index (χ0) is 18.2. The van der Waals surface area contributed by atoms with Crippen LogP contribution in [0.5, 0.6) is 0 Å². The Morgan fingerprint density at radius 3 is 1.00 bits per heavy atom. The van der Waals surface area contributed by atoms with Crippen LogP contribution < -0.4 is 5.32 Å². The highest BCUT2D eigenvalue weighted by atomic mass is 35.5. The van der Waals surface area contributed by atoms with E-state index in [-0.39, 0.29) is 25.5 Å². The molecule has 12 heteroatoms. The Bertz CT molecular complexity index is 288. The minimum Gasteiger partial charge on any atom is -0.394 e. The molecule has 0 fully saturated rings. The van der Waals surface area contributed by atoms with Gasteiger partial charge in [-0.05, 0) is 0 Å². The molecule has 0 rings (SSSR count). The van der Waals surface area contributed by atoms with Crippen molar-refractivity contribution in [2.45, 2.75) is 48.8 Å². The number of rotatable bonds is 12. The fourth-order valence-corrected chi connectivity index (χ4v) is 1.75. The van der Waals surface area contributed by atoms with Crippen molar-refractivity contribution in [3.63, 3.8) is 0 Å². The normalized spacial score (nSPS) is 21.8. The summed E-state index contributed by atoms with van der Waals surface area (Å²) in [6, 6.07) is 0. The van der Waals surface area contributed by atoms with Crippen LogP contribution in [0.25, 0.3) is 0 Å². The maximum atomic E-state index is 9.59. The summed E-state index contributed by atoms with van der Waals surface area (Å²) in [4.78, 5) is 0. The van der Waals surface area contributed by atoms with Gasteiger partial charge in [0.05, 0.1) is 25.4 Å². The van der Waals surface area contributed by atoms with Crippen LogP contribution >= 0.6 is 12.4 Å². The number of halogens is 1. The first-order valence-corrected chi connectivity index (χ1v) is 7.04. The van der Waals surface area contributed by atoms with E-state index >= 15 is 0 Å². The Labute approximate surface area is 144 Å². The molecule has 0 radical (unpaired) electrons. The van der Waals surface area contributed by atoms with Gasteiger partial charge in [-0.25, -0.2) is 0 Å². The fourth-order valence-electron chi connectivity index (χ4n) is 1.75. The SMILES string of the molecule is Cl.OCC(O)C(O)C(O)C(O)CNCC(O)C(O)C(O)C(O)CO. The number of aliphatic hydroxyl groups excluding tert-OH is 10. The van der Waals surface area contributed by atoms with Crippen molar-refractivity contribution in [2.75, 3.05) is 26.3 Å². The van der Waals surface area contributed by atoms with E-state index in [1.165, 1.54) is 0 Å². The van der Waals surface area contributed by atoms with Crippen LogP contribution in [0.4, 0.5) is 0 Å². The molecule has 8 atom stereocenters. The summed E-state index contributed by atoms with van der Waals surface area (Å²) < 4.78 is 0. The third-order valence-corrected chi connectivity index (χ3v) is 3.36. The standard InChI is InChI=1S/C12H27NO10.ClH/c14-3-7(18)11(22)9(20)5(16)1-13-2-6(17)10(21)12(23)8(19)4-15;/h5-23H,1-4H2;1H. The van der Waals surface area contributed by atoms with Crippen LogP contribution in [0.3, 0.4) is 0 Å². The molecule has 0 aliphatic rings. The van der Waals surface area contributed by atoms with E-state index in [1.807, 2.05) is 0 Å². The van der Waals surface area contributed by atoms with Crippen LogP contribution in [0.1, 0.15) is 0 Å². The predicted molar refractivity (Wildman–Crippen MR) is 82.3 cm³/mol. The van der Waals surface area contributed by atoms with Gasteiger partial charge in [-0.15, -0.1) is 12.4 Å². The van der Waals surface area contributed by atoms with Crippen LogP contribution in [0.2, 0.25) is 0 Å². The minimum absolute atomic E-state index is 0. The van der Waals surface area contributed by atoms with Crippen molar-refractivity contribution in [1.82, 2.24) is 5.32 Å². The van der Waals surface area contributed by atoms with E-state index in [2.05, 4.69) is 5.32 Å². The largest absolute Gasteiger partial charge is 0.394 e. The lowest BCUT2D eigenvalue weighted by Gasteiger charge is -2.28. The second kappa shape index (κ2) is 13.1. The molecule has 0 saturated heterocycles. The average molecular weight is 382 g/mol. The van der Waals surface area contributed by atoms with Crippen LogP contribution in [0.15, 0.2) is 0 Å². The van der Waals surface area contributed by atoms with E-state index in [4.69, 9.17) is 20.4 Å². The van der Waals surface area contributed by atoms with Crippen molar-refractivity contribution in [3.8, 4) is 0 Å². The van der Waals surface area contributed by atoms with Crippen LogP contribution in [-0.4, -0.2) is 126 Å². The Morgan fingerprint density at radius 1 is 0.500 bits per heavy atom. The quantitative estimate of drug-likeness (QED) is 0.153. The first kappa shape index (κ1) is 26.1. The summed E-state index contributed by atoms with van der Waals surface area (Å²) in [6.45, 7) is -2.32. The van der Waals surface area contributed by atoms with Crippen molar-refractivity contribution in [1.29, 1.82) is 0 Å². The zero-order valence-corrected chi connectivity index (χ0v) is 13.6. The van der Waals surface area contributed by atoms with Gasteiger partial charge in [0.15, 0.2) is 0 Å². The Morgan fingerprint density at radius 2 is 0.750 bits per heavy atom. The highest BCUT2D eigenvalue weighted by molar-refractivity contribution is 5.85. The third-order valence-electron chi connectivity index (χ3n) is 3.36. The number of nitrogens with one attached hydrogen (secondary N) is 1. The molecule has 0 bridgehead atoms. The topological polar surface area (TPSA) is 214 Å². The van der Waals surface area contributed by atoms with Gasteiger partial charge in [0.1, 0.15) is 36.6 Å². The lowest BCUT2D eigenvalue weighted by molar-refractivity contribution is -0.119. The van der Waals surface area contributed by atoms with Gasteiger partial charge < -0.3 is 56.4 Å². The molecule has 0 aliphatic heterocycles. The molecular formula is C12H28ClNO10. The molecule has 24 heavy (non-hydrogen) atoms. The van der Waals surface area contributed by atoms with Crippen molar-refractivity contribution in [2.24, 2.45) is 0 Å². The van der Waals surface area contributed by atoms with Crippen LogP contribution in [-0.2, 0) is 0 Å². The summed E-state index contributed by atoms with van der Waals surface area (Å²) in [5.74, 6) is 0. The third kappa shape index (κ3) is 8.29. The maximum absolute atomic E-state index is 9.59. The van der Waals surface area contributed by atoms with Gasteiger partial charge in [-0.1, -0.05) is 0 Å². The first-order chi connectivity index (χ1) is 10.7. The molecule has 11 N–H and O–H groups in total. The lowest BCUT2D eigenvalue weighted by Crippen LogP contribution is -2.52. The number of hydrogen-bond acceptors (Lipinski definition) is 11. The van der Waals surface area contributed by atoms with Crippen molar-refractivity contribution >= 4 is 12.4 Å². The van der Waals surface area contributed by atoms with Gasteiger partial charge in [0.2, 0.25) is 0 Å². The second-order valence-electron chi connectivity index (χ2n) is 5.26. The fraction of sp³-hybridized carbons (Fsp3) is 1.00. The Kier molecular flexibility index (Phi) is 14.2. The lowest BCUT2D eigenvalue weighted by atomic mass is 10.0. The summed E-state index contributed by atoms with van der Waals surface area (Å²) >= 11 is 0. The monoisotopic (exact) mass is 381 g/mol. The Hall–Kier alpha value is -0.150. The highest BCUT2D eigenvalue weighted by Gasteiger charge is 2.31. The van der Waals surface area contributed by atoms with E-state index in [0.29, 0.717) is 0 Å². The molecular weight excluding hydrogens is 354 g/mol. The molecule has 0 amide bonds. The van der Waals surface area contributed by atoms with Crippen molar-refractivity contribution < 1.29 is 51.1 Å². The molecule has 0 aromatic rings. The molecule has 8 unspecified atom stereocenters. The summed E-state index contributed by atoms with van der Waals surface area (Å²) in [7, 11) is 0. The van der Waals surface area contributed by atoms with E-state index in [9.17, 15) is 30.6 Å². The van der Waals surface area contributed by atoms with E-state index in [1.54, 1.807) is 0 Å². The van der Waals surface area contributed by atoms with Gasteiger partial charge >= 0.3 is 0 Å². The summed E-state index contributed by atoms with van der Waals surface area (Å²) in [5.41, 5.74) is 0. The molecule has 0 spiro atoms. The molecule has 148 valence electrons. The van der Waals surface area contributed by atoms with Gasteiger partial charge in [0, 0.05) is 13.1 Å². The van der Waals surface area contributed by atoms with E-state index in [0.717, 1.165) is 0 Å². The van der Waals surface area contributed by atoms with E-state index < -0.39 is 62.0 Å². The Balaban J connectivity index is 0. The highest BCUT2D eigenvalue weighted by Crippen LogP contribution is 2.06. The smallest absolute Gasteiger partial charge is 0.111 e. The predicted octanol–water partition coefficient (Wildman–Crippen LogP) is -6.13. The first-order valence-electron chi connectivity index (χ1n) is 7.04. The molecule has 0 heterocycles. The summed E-state index contributed by atoms with van der Waals surface area (Å²) in [6.07, 6.45) is -13.5. The molecule has 0 saturated carbocycles. The molecule has 0 aliphatic carbocycles. The minimum atomic E-state index is -1.78. The molecule has 11 nitrogen and oxygen atoms in total. The average Bonchev–Trinajstić information content (AvgIpc) is 2.56. The maximum Gasteiger partial charge on any atom is 0.111 e. The second-order valence-corrected chi connectivity index (χ2v) is 5.26. The van der Waals surface area contributed by atoms with Gasteiger partial charge in [-0.3, -0.25) is 0 Å². The van der Waals surface area contributed by atoms with Gasteiger partial charge in [0.25, 0.3) is 0 Å². The van der Waals surface area contributed by atoms with Gasteiger partial charge in [-0.2, -0.15) is 0 Å². The molecule has 0 aromatic carbocycles. The van der Waals surface area contributed by atoms with Crippen LogP contribution in [0, 0.1) is 0 Å². The number of hydrogen-bond donors (Lipinski definition) is 11. The molecule has 0 aromatic heterocycles. The summed E-state index contributed by atoms with van der Waals surface area (Å²) in [5, 5.41) is 95.0. The zero-order valence-electron chi connectivity index (χ0n) is 12.8. The van der Waals surface area contributed by atoms with Crippen molar-refractivity contribution in [3.05, 3.63) is 0 Å². The number of aliphatic hydroxyl groups is 10.